The number of sulfonamides is 1. The van der Waals surface area contributed by atoms with E-state index < -0.39 is 21.8 Å². The van der Waals surface area contributed by atoms with Crippen molar-refractivity contribution in [3.63, 3.8) is 0 Å². The van der Waals surface area contributed by atoms with Crippen molar-refractivity contribution < 1.29 is 27.5 Å². The third-order valence-electron chi connectivity index (χ3n) is 4.49. The number of methoxy groups -OCH3 is 1. The summed E-state index contributed by atoms with van der Waals surface area (Å²) in [4.78, 5) is 37.0. The van der Waals surface area contributed by atoms with Gasteiger partial charge in [-0.2, -0.15) is 0 Å². The van der Waals surface area contributed by atoms with E-state index in [1.165, 1.54) is 25.3 Å². The van der Waals surface area contributed by atoms with Crippen molar-refractivity contribution in [2.45, 2.75) is 11.3 Å². The molecule has 2 aromatic rings. The Hall–Kier alpha value is -3.24. The third kappa shape index (κ3) is 4.34. The number of carbonyl (C=O) groups is 3. The van der Waals surface area contributed by atoms with Crippen molar-refractivity contribution in [3.05, 3.63) is 59.7 Å². The molecule has 0 aromatic heterocycles. The molecule has 1 aliphatic rings. The van der Waals surface area contributed by atoms with Gasteiger partial charge in [-0.1, -0.05) is 24.3 Å². The van der Waals surface area contributed by atoms with Crippen LogP contribution in [0.5, 0.6) is 0 Å². The van der Waals surface area contributed by atoms with Crippen LogP contribution in [-0.4, -0.2) is 57.3 Å². The van der Waals surface area contributed by atoms with Gasteiger partial charge in [-0.25, -0.2) is 12.7 Å². The van der Waals surface area contributed by atoms with Gasteiger partial charge in [-0.15, -0.1) is 0 Å². The molecule has 0 atom stereocenters. The van der Waals surface area contributed by atoms with E-state index in [-0.39, 0.29) is 40.6 Å². The molecule has 0 bridgehead atoms. The molecule has 2 N–H and O–H groups in total. The number of fused-ring (bicyclic) bond motifs is 1. The Bertz CT molecular complexity index is 1080. The average Bonchev–Trinajstić information content (AvgIpc) is 2.93. The standard InChI is InChI=1S/C20H21N3O6S/c1-29-13-11-21-19(25)14-6-2-4-8-16(14)22-18(24)10-12-23-20(26)15-7-3-5-9-17(15)30(23,27)28/h2-9H,10-13H2,1H3,(H,21,25)(H,22,24). The molecule has 0 spiro atoms. The van der Waals surface area contributed by atoms with E-state index in [9.17, 15) is 22.8 Å². The van der Waals surface area contributed by atoms with E-state index in [2.05, 4.69) is 10.6 Å². The zero-order valence-electron chi connectivity index (χ0n) is 16.3. The highest BCUT2D eigenvalue weighted by molar-refractivity contribution is 7.90. The predicted molar refractivity (Wildman–Crippen MR) is 109 cm³/mol. The molecule has 1 heterocycles. The lowest BCUT2D eigenvalue weighted by molar-refractivity contribution is -0.116. The fraction of sp³-hybridized carbons (Fsp3) is 0.250. The number of para-hydroxylation sites is 1. The van der Waals surface area contributed by atoms with Gasteiger partial charge in [-0.3, -0.25) is 14.4 Å². The Kier molecular flexibility index (Phi) is 6.48. The number of carbonyl (C=O) groups excluding carboxylic acids is 3. The Morgan fingerprint density at radius 3 is 2.50 bits per heavy atom. The fourth-order valence-corrected chi connectivity index (χ4v) is 4.59. The Morgan fingerprint density at radius 2 is 1.77 bits per heavy atom. The Morgan fingerprint density at radius 1 is 1.07 bits per heavy atom. The first-order valence-electron chi connectivity index (χ1n) is 9.18. The summed E-state index contributed by atoms with van der Waals surface area (Å²) in [6.45, 7) is 0.359. The number of nitrogens with one attached hydrogen (secondary N) is 2. The van der Waals surface area contributed by atoms with E-state index in [0.29, 0.717) is 17.5 Å². The van der Waals surface area contributed by atoms with Crippen molar-refractivity contribution in [3.8, 4) is 0 Å². The number of ether oxygens (including phenoxy) is 1. The quantitative estimate of drug-likeness (QED) is 0.607. The molecule has 0 saturated carbocycles. The highest BCUT2D eigenvalue weighted by Gasteiger charge is 2.40. The van der Waals surface area contributed by atoms with Gasteiger partial charge in [-0.05, 0) is 24.3 Å². The Labute approximate surface area is 174 Å². The van der Waals surface area contributed by atoms with Gasteiger partial charge in [0.25, 0.3) is 21.8 Å². The number of hydrogen-bond acceptors (Lipinski definition) is 6. The topological polar surface area (TPSA) is 122 Å². The molecule has 0 radical (unpaired) electrons. The van der Waals surface area contributed by atoms with Crippen molar-refractivity contribution in [1.29, 1.82) is 0 Å². The van der Waals surface area contributed by atoms with E-state index in [4.69, 9.17) is 4.74 Å². The summed E-state index contributed by atoms with van der Waals surface area (Å²) in [7, 11) is -2.45. The first kappa shape index (κ1) is 21.5. The van der Waals surface area contributed by atoms with Gasteiger partial charge < -0.3 is 15.4 Å². The van der Waals surface area contributed by atoms with E-state index in [1.807, 2.05) is 0 Å². The van der Waals surface area contributed by atoms with E-state index in [1.54, 1.807) is 30.3 Å². The highest BCUT2D eigenvalue weighted by atomic mass is 32.2. The van der Waals surface area contributed by atoms with Crippen LogP contribution in [0.3, 0.4) is 0 Å². The molecular weight excluding hydrogens is 410 g/mol. The van der Waals surface area contributed by atoms with Crippen molar-refractivity contribution in [2.24, 2.45) is 0 Å². The SMILES string of the molecule is COCCNC(=O)c1ccccc1NC(=O)CCN1C(=O)c2ccccc2S1(=O)=O. The second-order valence-electron chi connectivity index (χ2n) is 6.47. The van der Waals surface area contributed by atoms with Crippen molar-refractivity contribution in [1.82, 2.24) is 9.62 Å². The zero-order chi connectivity index (χ0) is 21.7. The summed E-state index contributed by atoms with van der Waals surface area (Å²) in [5.41, 5.74) is 0.645. The minimum Gasteiger partial charge on any atom is -0.383 e. The molecule has 0 fully saturated rings. The second-order valence-corrected chi connectivity index (χ2v) is 8.30. The molecule has 158 valence electrons. The van der Waals surface area contributed by atoms with Crippen LogP contribution >= 0.6 is 0 Å². The van der Waals surface area contributed by atoms with Crippen LogP contribution in [-0.2, 0) is 19.6 Å². The maximum atomic E-state index is 12.5. The van der Waals surface area contributed by atoms with Gasteiger partial charge >= 0.3 is 0 Å². The van der Waals surface area contributed by atoms with Gasteiger partial charge in [0.15, 0.2) is 0 Å². The zero-order valence-corrected chi connectivity index (χ0v) is 17.1. The molecule has 1 aliphatic heterocycles. The molecule has 0 saturated heterocycles. The van der Waals surface area contributed by atoms with Crippen molar-refractivity contribution in [2.75, 3.05) is 32.1 Å². The van der Waals surface area contributed by atoms with Gasteiger partial charge in [0.05, 0.1) is 23.4 Å². The molecule has 3 rings (SSSR count). The molecular formula is C20H21N3O6S. The smallest absolute Gasteiger partial charge is 0.269 e. The molecule has 30 heavy (non-hydrogen) atoms. The molecule has 9 nitrogen and oxygen atoms in total. The lowest BCUT2D eigenvalue weighted by Crippen LogP contribution is -2.33. The number of amides is 3. The average molecular weight is 431 g/mol. The van der Waals surface area contributed by atoms with Crippen LogP contribution in [0.4, 0.5) is 5.69 Å². The van der Waals surface area contributed by atoms with Crippen LogP contribution < -0.4 is 10.6 Å². The second kappa shape index (κ2) is 9.06. The number of nitrogens with zero attached hydrogens (tertiary/aromatic N) is 1. The summed E-state index contributed by atoms with van der Waals surface area (Å²) in [5.74, 6) is -1.56. The van der Waals surface area contributed by atoms with Crippen LogP contribution in [0, 0.1) is 0 Å². The van der Waals surface area contributed by atoms with Crippen LogP contribution in [0.25, 0.3) is 0 Å². The van der Waals surface area contributed by atoms with Gasteiger partial charge in [0.2, 0.25) is 5.91 Å². The molecule has 2 aromatic carbocycles. The minimum atomic E-state index is -3.97. The monoisotopic (exact) mass is 431 g/mol. The third-order valence-corrected chi connectivity index (χ3v) is 6.33. The number of rotatable bonds is 8. The summed E-state index contributed by atoms with van der Waals surface area (Å²) >= 11 is 0. The van der Waals surface area contributed by atoms with E-state index >= 15 is 0 Å². The van der Waals surface area contributed by atoms with Crippen molar-refractivity contribution >= 4 is 33.4 Å². The summed E-state index contributed by atoms with van der Waals surface area (Å²) in [5, 5.41) is 5.27. The Balaban J connectivity index is 1.65. The molecule has 0 aliphatic carbocycles. The first-order valence-corrected chi connectivity index (χ1v) is 10.6. The van der Waals surface area contributed by atoms with Crippen LogP contribution in [0.1, 0.15) is 27.1 Å². The number of anilines is 1. The summed E-state index contributed by atoms with van der Waals surface area (Å²) < 4.78 is 30.7. The predicted octanol–water partition coefficient (Wildman–Crippen LogP) is 1.24. The molecule has 0 unspecified atom stereocenters. The normalized spacial score (nSPS) is 14.3. The van der Waals surface area contributed by atoms with E-state index in [0.717, 1.165) is 0 Å². The van der Waals surface area contributed by atoms with Crippen LogP contribution in [0.15, 0.2) is 53.4 Å². The minimum absolute atomic E-state index is 0.0616. The van der Waals surface area contributed by atoms with Gasteiger partial charge in [0, 0.05) is 26.6 Å². The summed E-state index contributed by atoms with van der Waals surface area (Å²) in [6, 6.07) is 12.4. The largest absolute Gasteiger partial charge is 0.383 e. The highest BCUT2D eigenvalue weighted by Crippen LogP contribution is 2.29. The molecule has 3 amide bonds. The van der Waals surface area contributed by atoms with Gasteiger partial charge in [0.1, 0.15) is 4.90 Å². The molecule has 10 heteroatoms. The van der Waals surface area contributed by atoms with Crippen LogP contribution in [0.2, 0.25) is 0 Å². The maximum Gasteiger partial charge on any atom is 0.269 e. The number of benzene rings is 2. The summed E-state index contributed by atoms with van der Waals surface area (Å²) in [6.07, 6.45) is -0.251. The lowest BCUT2D eigenvalue weighted by atomic mass is 10.1. The first-order chi connectivity index (χ1) is 14.4. The maximum absolute atomic E-state index is 12.5. The number of hydrogen-bond donors (Lipinski definition) is 2. The fourth-order valence-electron chi connectivity index (χ4n) is 3.02. The lowest BCUT2D eigenvalue weighted by Gasteiger charge is -2.15.